The van der Waals surface area contributed by atoms with E-state index in [1.165, 1.54) is 12.1 Å². The standard InChI is InChI=1S/C13H16F2N2O/c1-8-7-16-6-5-11(8)17-13(18)9-3-2-4-10(14)12(9)15/h2-4,8,11,16H,5-7H2,1H3,(H,17,18)/t8-,11+/m0/s1. The summed E-state index contributed by atoms with van der Waals surface area (Å²) in [5, 5.41) is 5.98. The molecule has 0 bridgehead atoms. The van der Waals surface area contributed by atoms with Crippen molar-refractivity contribution in [2.75, 3.05) is 13.1 Å². The minimum absolute atomic E-state index is 0.00131. The van der Waals surface area contributed by atoms with Gasteiger partial charge in [0.1, 0.15) is 0 Å². The summed E-state index contributed by atoms with van der Waals surface area (Å²) in [7, 11) is 0. The third-order valence-electron chi connectivity index (χ3n) is 3.30. The summed E-state index contributed by atoms with van der Waals surface area (Å²) in [4.78, 5) is 11.9. The molecule has 2 atom stereocenters. The number of carbonyl (C=O) groups excluding carboxylic acids is 1. The molecule has 1 aromatic rings. The first kappa shape index (κ1) is 13.0. The Labute approximate surface area is 105 Å². The van der Waals surface area contributed by atoms with E-state index in [1.807, 2.05) is 6.92 Å². The van der Waals surface area contributed by atoms with Gasteiger partial charge in [-0.2, -0.15) is 0 Å². The van der Waals surface area contributed by atoms with Gasteiger partial charge in [-0.3, -0.25) is 4.79 Å². The molecule has 0 radical (unpaired) electrons. The van der Waals surface area contributed by atoms with Crippen molar-refractivity contribution in [2.24, 2.45) is 5.92 Å². The maximum atomic E-state index is 13.5. The van der Waals surface area contributed by atoms with Crippen molar-refractivity contribution in [1.29, 1.82) is 0 Å². The van der Waals surface area contributed by atoms with Crippen molar-refractivity contribution in [3.05, 3.63) is 35.4 Å². The Morgan fingerprint density at radius 2 is 2.22 bits per heavy atom. The maximum Gasteiger partial charge on any atom is 0.254 e. The molecule has 1 fully saturated rings. The molecule has 1 saturated heterocycles. The largest absolute Gasteiger partial charge is 0.349 e. The molecule has 3 nitrogen and oxygen atoms in total. The highest BCUT2D eigenvalue weighted by atomic mass is 19.2. The molecule has 1 aliphatic rings. The average molecular weight is 254 g/mol. The van der Waals surface area contributed by atoms with Gasteiger partial charge in [-0.25, -0.2) is 8.78 Å². The van der Waals surface area contributed by atoms with Gasteiger partial charge in [0.2, 0.25) is 0 Å². The topological polar surface area (TPSA) is 41.1 Å². The molecular formula is C13H16F2N2O. The van der Waals surface area contributed by atoms with Crippen LogP contribution in [-0.4, -0.2) is 25.0 Å². The second kappa shape index (κ2) is 5.44. The van der Waals surface area contributed by atoms with Gasteiger partial charge < -0.3 is 10.6 Å². The van der Waals surface area contributed by atoms with E-state index in [2.05, 4.69) is 10.6 Å². The van der Waals surface area contributed by atoms with Crippen molar-refractivity contribution >= 4 is 5.91 Å². The number of rotatable bonds is 2. The molecule has 2 N–H and O–H groups in total. The van der Waals surface area contributed by atoms with Gasteiger partial charge in [-0.1, -0.05) is 13.0 Å². The van der Waals surface area contributed by atoms with Gasteiger partial charge in [0, 0.05) is 6.04 Å². The summed E-state index contributed by atoms with van der Waals surface area (Å²) in [5.41, 5.74) is -0.235. The molecule has 0 spiro atoms. The number of benzene rings is 1. The summed E-state index contributed by atoms with van der Waals surface area (Å²) >= 11 is 0. The molecule has 1 amide bonds. The van der Waals surface area contributed by atoms with Gasteiger partial charge in [-0.15, -0.1) is 0 Å². The van der Waals surface area contributed by atoms with Crippen LogP contribution >= 0.6 is 0 Å². The number of carbonyl (C=O) groups is 1. The molecule has 0 saturated carbocycles. The average Bonchev–Trinajstić information content (AvgIpc) is 2.35. The molecule has 2 rings (SSSR count). The molecule has 5 heteroatoms. The Bertz CT molecular complexity index is 451. The van der Waals surface area contributed by atoms with Crippen LogP contribution in [0.3, 0.4) is 0 Å². The SMILES string of the molecule is C[C@H]1CNCC[C@H]1NC(=O)c1cccc(F)c1F. The molecule has 0 aromatic heterocycles. The summed E-state index contributed by atoms with van der Waals surface area (Å²) in [6.45, 7) is 3.65. The van der Waals surface area contributed by atoms with Crippen molar-refractivity contribution in [2.45, 2.75) is 19.4 Å². The minimum Gasteiger partial charge on any atom is -0.349 e. The second-order valence-electron chi connectivity index (χ2n) is 4.65. The van der Waals surface area contributed by atoms with Crippen molar-refractivity contribution in [1.82, 2.24) is 10.6 Å². The Morgan fingerprint density at radius 3 is 2.94 bits per heavy atom. The molecule has 1 aliphatic heterocycles. The number of hydrogen-bond acceptors (Lipinski definition) is 2. The van der Waals surface area contributed by atoms with Gasteiger partial charge in [0.05, 0.1) is 5.56 Å². The fourth-order valence-electron chi connectivity index (χ4n) is 2.15. The fraction of sp³-hybridized carbons (Fsp3) is 0.462. The highest BCUT2D eigenvalue weighted by Gasteiger charge is 2.24. The lowest BCUT2D eigenvalue weighted by Crippen LogP contribution is -2.48. The highest BCUT2D eigenvalue weighted by Crippen LogP contribution is 2.14. The lowest BCUT2D eigenvalue weighted by molar-refractivity contribution is 0.0909. The van der Waals surface area contributed by atoms with E-state index in [0.717, 1.165) is 25.6 Å². The smallest absolute Gasteiger partial charge is 0.254 e. The van der Waals surface area contributed by atoms with Crippen LogP contribution in [0.2, 0.25) is 0 Å². The van der Waals surface area contributed by atoms with Crippen LogP contribution in [0.1, 0.15) is 23.7 Å². The Hall–Kier alpha value is -1.49. The fourth-order valence-corrected chi connectivity index (χ4v) is 2.15. The normalized spacial score (nSPS) is 23.7. The number of halogens is 2. The quantitative estimate of drug-likeness (QED) is 0.843. The van der Waals surface area contributed by atoms with E-state index < -0.39 is 17.5 Å². The summed E-state index contributed by atoms with van der Waals surface area (Å²) < 4.78 is 26.5. The van der Waals surface area contributed by atoms with E-state index in [0.29, 0.717) is 0 Å². The summed E-state index contributed by atoms with van der Waals surface area (Å²) in [6.07, 6.45) is 0.795. The van der Waals surface area contributed by atoms with E-state index in [4.69, 9.17) is 0 Å². The lowest BCUT2D eigenvalue weighted by atomic mass is 9.95. The summed E-state index contributed by atoms with van der Waals surface area (Å²) in [5.74, 6) is -2.36. The number of hydrogen-bond donors (Lipinski definition) is 2. The van der Waals surface area contributed by atoms with Crippen molar-refractivity contribution in [3.8, 4) is 0 Å². The maximum absolute atomic E-state index is 13.5. The summed E-state index contributed by atoms with van der Waals surface area (Å²) in [6, 6.07) is 3.62. The number of piperidine rings is 1. The Kier molecular flexibility index (Phi) is 3.91. The van der Waals surface area contributed by atoms with Crippen LogP contribution in [-0.2, 0) is 0 Å². The number of amides is 1. The van der Waals surface area contributed by atoms with Crippen molar-refractivity contribution in [3.63, 3.8) is 0 Å². The Balaban J connectivity index is 2.09. The second-order valence-corrected chi connectivity index (χ2v) is 4.65. The van der Waals surface area contributed by atoms with E-state index >= 15 is 0 Å². The van der Waals surface area contributed by atoms with Gasteiger partial charge >= 0.3 is 0 Å². The molecule has 18 heavy (non-hydrogen) atoms. The van der Waals surface area contributed by atoms with Gasteiger partial charge in [-0.05, 0) is 37.6 Å². The molecule has 1 aromatic carbocycles. The van der Waals surface area contributed by atoms with Crippen LogP contribution in [0.15, 0.2) is 18.2 Å². The minimum atomic E-state index is -1.09. The third kappa shape index (κ3) is 2.67. The predicted octanol–water partition coefficient (Wildman–Crippen LogP) is 1.69. The first-order valence-corrected chi connectivity index (χ1v) is 6.05. The van der Waals surface area contributed by atoms with Crippen LogP contribution in [0.4, 0.5) is 8.78 Å². The molecule has 0 aliphatic carbocycles. The van der Waals surface area contributed by atoms with E-state index in [-0.39, 0.29) is 17.5 Å². The zero-order chi connectivity index (χ0) is 13.1. The molecule has 98 valence electrons. The van der Waals surface area contributed by atoms with Crippen LogP contribution < -0.4 is 10.6 Å². The first-order chi connectivity index (χ1) is 8.59. The zero-order valence-corrected chi connectivity index (χ0v) is 10.2. The molecular weight excluding hydrogens is 238 g/mol. The van der Waals surface area contributed by atoms with E-state index in [9.17, 15) is 13.6 Å². The van der Waals surface area contributed by atoms with Crippen LogP contribution in [0.25, 0.3) is 0 Å². The van der Waals surface area contributed by atoms with Crippen LogP contribution in [0.5, 0.6) is 0 Å². The highest BCUT2D eigenvalue weighted by molar-refractivity contribution is 5.94. The first-order valence-electron chi connectivity index (χ1n) is 6.05. The van der Waals surface area contributed by atoms with Gasteiger partial charge in [0.25, 0.3) is 5.91 Å². The zero-order valence-electron chi connectivity index (χ0n) is 10.2. The number of nitrogens with one attached hydrogen (secondary N) is 2. The monoisotopic (exact) mass is 254 g/mol. The lowest BCUT2D eigenvalue weighted by Gasteiger charge is -2.30. The molecule has 0 unspecified atom stereocenters. The third-order valence-corrected chi connectivity index (χ3v) is 3.30. The van der Waals surface area contributed by atoms with Crippen molar-refractivity contribution < 1.29 is 13.6 Å². The van der Waals surface area contributed by atoms with Crippen LogP contribution in [0, 0.1) is 17.6 Å². The molecule has 1 heterocycles. The van der Waals surface area contributed by atoms with E-state index in [1.54, 1.807) is 0 Å². The van der Waals surface area contributed by atoms with Gasteiger partial charge in [0.15, 0.2) is 11.6 Å². The Morgan fingerprint density at radius 1 is 1.44 bits per heavy atom. The predicted molar refractivity (Wildman–Crippen MR) is 64.3 cm³/mol.